The van der Waals surface area contributed by atoms with E-state index in [9.17, 15) is 14.4 Å². The maximum atomic E-state index is 13.9. The Hall–Kier alpha value is -4.13. The Kier molecular flexibility index (Phi) is 7.68. The molecule has 36 heavy (non-hydrogen) atoms. The topological polar surface area (TPSA) is 79.0 Å². The van der Waals surface area contributed by atoms with Gasteiger partial charge >= 0.3 is 0 Å². The summed E-state index contributed by atoms with van der Waals surface area (Å²) in [5, 5.41) is 2.81. The highest BCUT2D eigenvalue weighted by atomic mass is 16.5. The maximum absolute atomic E-state index is 13.9. The van der Waals surface area contributed by atoms with Crippen LogP contribution in [0.1, 0.15) is 37.4 Å². The lowest BCUT2D eigenvalue weighted by Gasteiger charge is -2.32. The molecule has 1 N–H and O–H groups in total. The van der Waals surface area contributed by atoms with Gasteiger partial charge in [0.1, 0.15) is 5.75 Å². The summed E-state index contributed by atoms with van der Waals surface area (Å²) in [5.41, 5.74) is 3.31. The van der Waals surface area contributed by atoms with Crippen LogP contribution in [0.15, 0.2) is 78.9 Å². The van der Waals surface area contributed by atoms with E-state index in [2.05, 4.69) is 5.32 Å². The van der Waals surface area contributed by atoms with Crippen LogP contribution in [0.25, 0.3) is 0 Å². The lowest BCUT2D eigenvalue weighted by Crippen LogP contribution is -2.38. The van der Waals surface area contributed by atoms with Gasteiger partial charge in [0.25, 0.3) is 0 Å². The summed E-state index contributed by atoms with van der Waals surface area (Å²) in [6, 6.07) is 24.4. The fourth-order valence-electron chi connectivity index (χ4n) is 4.58. The predicted octanol–water partition coefficient (Wildman–Crippen LogP) is 4.80. The van der Waals surface area contributed by atoms with Gasteiger partial charge in [0.2, 0.25) is 17.7 Å². The Morgan fingerprint density at radius 2 is 1.81 bits per heavy atom. The van der Waals surface area contributed by atoms with Crippen molar-refractivity contribution in [3.05, 3.63) is 90.0 Å². The van der Waals surface area contributed by atoms with E-state index in [-0.39, 0.29) is 30.2 Å². The summed E-state index contributed by atoms with van der Waals surface area (Å²) >= 11 is 0. The van der Waals surface area contributed by atoms with Crippen molar-refractivity contribution in [2.24, 2.45) is 5.92 Å². The Labute approximate surface area is 211 Å². The maximum Gasteiger partial charge on any atom is 0.228 e. The number of ether oxygens (including phenoxy) is 1. The summed E-state index contributed by atoms with van der Waals surface area (Å²) < 4.78 is 5.30. The molecule has 7 heteroatoms. The van der Waals surface area contributed by atoms with Gasteiger partial charge in [-0.15, -0.1) is 0 Å². The first-order valence-electron chi connectivity index (χ1n) is 12.0. The molecule has 0 radical (unpaired) electrons. The normalized spacial score (nSPS) is 15.9. The van der Waals surface area contributed by atoms with Crippen LogP contribution in [0.4, 0.5) is 11.4 Å². The van der Waals surface area contributed by atoms with E-state index in [0.717, 1.165) is 16.8 Å². The van der Waals surface area contributed by atoms with Crippen LogP contribution in [0.2, 0.25) is 0 Å². The molecule has 3 aromatic carbocycles. The third-order valence-corrected chi connectivity index (χ3v) is 6.48. The fourth-order valence-corrected chi connectivity index (χ4v) is 4.58. The molecule has 0 bridgehead atoms. The minimum atomic E-state index is -0.464. The first kappa shape index (κ1) is 25.0. The van der Waals surface area contributed by atoms with Gasteiger partial charge in [0.15, 0.2) is 0 Å². The highest BCUT2D eigenvalue weighted by molar-refractivity contribution is 6.00. The summed E-state index contributed by atoms with van der Waals surface area (Å²) in [5.74, 6) is -0.113. The second kappa shape index (κ2) is 11.1. The molecule has 3 aromatic rings. The Bertz CT molecular complexity index is 1240. The number of hydrogen-bond acceptors (Lipinski definition) is 4. The second-order valence-electron chi connectivity index (χ2n) is 9.04. The summed E-state index contributed by atoms with van der Waals surface area (Å²) in [7, 11) is 1.58. The lowest BCUT2D eigenvalue weighted by molar-refractivity contribution is -0.138. The molecular weight excluding hydrogens is 454 g/mol. The average molecular weight is 486 g/mol. The molecule has 1 aliphatic rings. The van der Waals surface area contributed by atoms with E-state index in [1.54, 1.807) is 12.0 Å². The standard InChI is InChI=1S/C29H31N3O4/c1-20(23-11-7-12-25(15-23)30-21(2)33)31(18-22-9-5-4-6-10-22)29(35)24-16-28(34)32(19-24)26-13-8-14-27(17-26)36-3/h4-15,17,20,24H,16,18-19H2,1-3H3,(H,30,33). The molecule has 2 unspecified atom stereocenters. The van der Waals surface area contributed by atoms with E-state index in [4.69, 9.17) is 4.74 Å². The molecule has 1 fully saturated rings. The van der Waals surface area contributed by atoms with Crippen molar-refractivity contribution in [2.45, 2.75) is 32.9 Å². The van der Waals surface area contributed by atoms with Crippen molar-refractivity contribution in [2.75, 3.05) is 23.9 Å². The predicted molar refractivity (Wildman–Crippen MR) is 140 cm³/mol. The van der Waals surface area contributed by atoms with Crippen LogP contribution < -0.4 is 15.0 Å². The third-order valence-electron chi connectivity index (χ3n) is 6.48. The number of nitrogens with one attached hydrogen (secondary N) is 1. The van der Waals surface area contributed by atoms with Crippen molar-refractivity contribution in [1.29, 1.82) is 0 Å². The molecule has 3 amide bonds. The Morgan fingerprint density at radius 3 is 2.53 bits per heavy atom. The van der Waals surface area contributed by atoms with Crippen molar-refractivity contribution < 1.29 is 19.1 Å². The van der Waals surface area contributed by atoms with Gasteiger partial charge in [0, 0.05) is 43.9 Å². The lowest BCUT2D eigenvalue weighted by atomic mass is 10.0. The quantitative estimate of drug-likeness (QED) is 0.497. The van der Waals surface area contributed by atoms with Crippen LogP contribution >= 0.6 is 0 Å². The number of carbonyl (C=O) groups is 3. The van der Waals surface area contributed by atoms with E-state index < -0.39 is 5.92 Å². The van der Waals surface area contributed by atoms with Gasteiger partial charge in [-0.25, -0.2) is 0 Å². The van der Waals surface area contributed by atoms with E-state index in [0.29, 0.717) is 24.5 Å². The summed E-state index contributed by atoms with van der Waals surface area (Å²) in [6.45, 7) is 4.17. The molecule has 1 aliphatic heterocycles. The van der Waals surface area contributed by atoms with E-state index in [1.807, 2.05) is 90.7 Å². The van der Waals surface area contributed by atoms with Crippen LogP contribution in [0.3, 0.4) is 0 Å². The molecule has 2 atom stereocenters. The number of nitrogens with zero attached hydrogens (tertiary/aromatic N) is 2. The van der Waals surface area contributed by atoms with Gasteiger partial charge in [-0.05, 0) is 42.3 Å². The number of anilines is 2. The van der Waals surface area contributed by atoms with Gasteiger partial charge in [-0.1, -0.05) is 48.5 Å². The average Bonchev–Trinajstić information content (AvgIpc) is 3.28. The van der Waals surface area contributed by atoms with Crippen LogP contribution in [0, 0.1) is 5.92 Å². The van der Waals surface area contributed by atoms with Crippen molar-refractivity contribution >= 4 is 29.1 Å². The molecule has 7 nitrogen and oxygen atoms in total. The fraction of sp³-hybridized carbons (Fsp3) is 0.276. The highest BCUT2D eigenvalue weighted by Crippen LogP contribution is 2.32. The van der Waals surface area contributed by atoms with Crippen LogP contribution in [-0.4, -0.2) is 36.3 Å². The number of amides is 3. The minimum Gasteiger partial charge on any atom is -0.497 e. The van der Waals surface area contributed by atoms with Gasteiger partial charge < -0.3 is 19.9 Å². The van der Waals surface area contributed by atoms with Gasteiger partial charge in [0.05, 0.1) is 19.1 Å². The zero-order valence-electron chi connectivity index (χ0n) is 20.8. The second-order valence-corrected chi connectivity index (χ2v) is 9.04. The zero-order chi connectivity index (χ0) is 25.7. The number of hydrogen-bond donors (Lipinski definition) is 1. The molecule has 186 valence electrons. The SMILES string of the molecule is COc1cccc(N2CC(C(=O)N(Cc3ccccc3)C(C)c3cccc(NC(C)=O)c3)CC2=O)c1. The van der Waals surface area contributed by atoms with Crippen molar-refractivity contribution in [1.82, 2.24) is 4.90 Å². The first-order valence-corrected chi connectivity index (χ1v) is 12.0. The molecule has 0 aliphatic carbocycles. The number of rotatable bonds is 8. The Balaban J connectivity index is 1.60. The highest BCUT2D eigenvalue weighted by Gasteiger charge is 2.38. The summed E-state index contributed by atoms with van der Waals surface area (Å²) in [6.07, 6.45) is 0.153. The summed E-state index contributed by atoms with van der Waals surface area (Å²) in [4.78, 5) is 41.9. The third kappa shape index (κ3) is 5.74. The minimum absolute atomic E-state index is 0.0740. The number of benzene rings is 3. The molecule has 4 rings (SSSR count). The van der Waals surface area contributed by atoms with Gasteiger partial charge in [-0.3, -0.25) is 14.4 Å². The number of carbonyl (C=O) groups excluding carboxylic acids is 3. The van der Waals surface area contributed by atoms with Crippen LogP contribution in [0.5, 0.6) is 5.75 Å². The monoisotopic (exact) mass is 485 g/mol. The van der Waals surface area contributed by atoms with E-state index >= 15 is 0 Å². The van der Waals surface area contributed by atoms with Crippen molar-refractivity contribution in [3.63, 3.8) is 0 Å². The smallest absolute Gasteiger partial charge is 0.228 e. The largest absolute Gasteiger partial charge is 0.497 e. The molecule has 0 spiro atoms. The molecule has 0 saturated carbocycles. The van der Waals surface area contributed by atoms with Crippen molar-refractivity contribution in [3.8, 4) is 5.75 Å². The van der Waals surface area contributed by atoms with Crippen LogP contribution in [-0.2, 0) is 20.9 Å². The molecular formula is C29H31N3O4. The van der Waals surface area contributed by atoms with Gasteiger partial charge in [-0.2, -0.15) is 0 Å². The first-order chi connectivity index (χ1) is 17.4. The molecule has 1 saturated heterocycles. The molecule has 1 heterocycles. The van der Waals surface area contributed by atoms with E-state index in [1.165, 1.54) is 6.92 Å². The zero-order valence-corrected chi connectivity index (χ0v) is 20.8. The molecule has 0 aromatic heterocycles. The Morgan fingerprint density at radius 1 is 1.06 bits per heavy atom. The number of methoxy groups -OCH3 is 1.